The Morgan fingerprint density at radius 1 is 1.12 bits per heavy atom. The summed E-state index contributed by atoms with van der Waals surface area (Å²) < 4.78 is 0. The van der Waals surface area contributed by atoms with Crippen molar-refractivity contribution in [3.8, 4) is 0 Å². The van der Waals surface area contributed by atoms with Crippen LogP contribution in [0.5, 0.6) is 0 Å². The fourth-order valence-corrected chi connectivity index (χ4v) is 9.27. The van der Waals surface area contributed by atoms with Crippen LogP contribution in [0.1, 0.15) is 119 Å². The van der Waals surface area contributed by atoms with E-state index < -0.39 is 0 Å². The summed E-state index contributed by atoms with van der Waals surface area (Å²) in [5.74, 6) is 4.36. The fourth-order valence-electron chi connectivity index (χ4n) is 9.27. The first-order valence-electron chi connectivity index (χ1n) is 14.1. The summed E-state index contributed by atoms with van der Waals surface area (Å²) in [5, 5.41) is 10.3. The van der Waals surface area contributed by atoms with Crippen LogP contribution in [0.25, 0.3) is 0 Å². The van der Waals surface area contributed by atoms with Gasteiger partial charge in [0, 0.05) is 0 Å². The molecule has 0 bridgehead atoms. The molecule has 3 saturated carbocycles. The first-order chi connectivity index (χ1) is 15.1. The minimum atomic E-state index is -0.0894. The Labute approximate surface area is 199 Å². The van der Waals surface area contributed by atoms with Gasteiger partial charge < -0.3 is 5.11 Å². The number of allylic oxidation sites excluding steroid dienone is 2. The maximum atomic E-state index is 10.3. The second-order valence-electron chi connectivity index (χ2n) is 13.3. The summed E-state index contributed by atoms with van der Waals surface area (Å²) in [6.45, 7) is 19.4. The van der Waals surface area contributed by atoms with Crippen molar-refractivity contribution in [2.45, 2.75) is 125 Å². The molecule has 1 N–H and O–H groups in total. The van der Waals surface area contributed by atoms with Crippen LogP contribution in [0.2, 0.25) is 0 Å². The molecule has 182 valence electrons. The van der Waals surface area contributed by atoms with E-state index in [2.05, 4.69) is 54.2 Å². The average Bonchev–Trinajstić information content (AvgIpc) is 3.14. The zero-order chi connectivity index (χ0) is 23.3. The monoisotopic (exact) mass is 440 g/mol. The van der Waals surface area contributed by atoms with Gasteiger partial charge in [0.1, 0.15) is 0 Å². The largest absolute Gasteiger partial charge is 0.393 e. The molecule has 0 heterocycles. The minimum Gasteiger partial charge on any atom is -0.393 e. The molecule has 1 nitrogen and oxygen atoms in total. The smallest absolute Gasteiger partial charge is 0.0577 e. The average molecular weight is 441 g/mol. The molecule has 0 amide bonds. The van der Waals surface area contributed by atoms with E-state index in [9.17, 15) is 5.11 Å². The van der Waals surface area contributed by atoms with Crippen LogP contribution < -0.4 is 0 Å². The molecule has 0 saturated heterocycles. The van der Waals surface area contributed by atoms with Crippen molar-refractivity contribution in [2.75, 3.05) is 0 Å². The second kappa shape index (κ2) is 8.90. The number of hydrogen-bond acceptors (Lipinski definition) is 1. The molecule has 0 aromatic carbocycles. The maximum Gasteiger partial charge on any atom is 0.0577 e. The SMILES string of the molecule is C=C(CC[C@@H](C)[C@H]1CC[C@H]2[C@@H]3CC=C4C[C@@H](O)CC[C@]4(C)[C@@H]3CC[C@]12C)C(C)(CC)CC. The Morgan fingerprint density at radius 3 is 2.53 bits per heavy atom. The van der Waals surface area contributed by atoms with Crippen molar-refractivity contribution in [1.29, 1.82) is 0 Å². The van der Waals surface area contributed by atoms with Crippen molar-refractivity contribution in [2.24, 2.45) is 45.8 Å². The van der Waals surface area contributed by atoms with Crippen LogP contribution in [-0.4, -0.2) is 11.2 Å². The highest BCUT2D eigenvalue weighted by Gasteiger charge is 2.59. The van der Waals surface area contributed by atoms with Crippen LogP contribution in [0, 0.1) is 45.8 Å². The van der Waals surface area contributed by atoms with Gasteiger partial charge in [0.25, 0.3) is 0 Å². The quantitative estimate of drug-likeness (QED) is 0.392. The first kappa shape index (κ1) is 24.6. The van der Waals surface area contributed by atoms with E-state index in [4.69, 9.17) is 0 Å². The van der Waals surface area contributed by atoms with Crippen molar-refractivity contribution in [1.82, 2.24) is 0 Å². The zero-order valence-electron chi connectivity index (χ0n) is 22.2. The van der Waals surface area contributed by atoms with Crippen LogP contribution in [0.15, 0.2) is 23.8 Å². The Kier molecular flexibility index (Phi) is 6.83. The number of aliphatic hydroxyl groups excluding tert-OH is 1. The molecule has 0 aromatic heterocycles. The topological polar surface area (TPSA) is 20.2 Å². The number of aliphatic hydroxyl groups is 1. The molecular formula is C31H52O. The van der Waals surface area contributed by atoms with E-state index in [1.807, 2.05) is 0 Å². The molecule has 0 aromatic rings. The van der Waals surface area contributed by atoms with Crippen molar-refractivity contribution in [3.63, 3.8) is 0 Å². The summed E-state index contributed by atoms with van der Waals surface area (Å²) >= 11 is 0. The van der Waals surface area contributed by atoms with Gasteiger partial charge in [-0.15, -0.1) is 0 Å². The number of hydrogen-bond donors (Lipinski definition) is 1. The lowest BCUT2D eigenvalue weighted by molar-refractivity contribution is -0.0571. The molecule has 0 spiro atoms. The Hall–Kier alpha value is -0.560. The highest BCUT2D eigenvalue weighted by Crippen LogP contribution is 2.67. The molecule has 4 aliphatic carbocycles. The molecule has 0 radical (unpaired) electrons. The third-order valence-corrected chi connectivity index (χ3v) is 12.2. The summed E-state index contributed by atoms with van der Waals surface area (Å²) in [7, 11) is 0. The van der Waals surface area contributed by atoms with Gasteiger partial charge in [-0.3, -0.25) is 0 Å². The highest BCUT2D eigenvalue weighted by atomic mass is 16.3. The molecule has 1 heteroatoms. The molecule has 4 rings (SSSR count). The van der Waals surface area contributed by atoms with Gasteiger partial charge in [0.2, 0.25) is 0 Å². The van der Waals surface area contributed by atoms with E-state index in [1.165, 1.54) is 69.8 Å². The van der Waals surface area contributed by atoms with Gasteiger partial charge in [-0.1, -0.05) is 65.3 Å². The Morgan fingerprint density at radius 2 is 1.84 bits per heavy atom. The molecule has 0 aliphatic heterocycles. The lowest BCUT2D eigenvalue weighted by Crippen LogP contribution is -2.50. The lowest BCUT2D eigenvalue weighted by Gasteiger charge is -2.58. The zero-order valence-corrected chi connectivity index (χ0v) is 22.2. The predicted molar refractivity (Wildman–Crippen MR) is 137 cm³/mol. The second-order valence-corrected chi connectivity index (χ2v) is 13.3. The van der Waals surface area contributed by atoms with Crippen molar-refractivity contribution < 1.29 is 5.11 Å². The summed E-state index contributed by atoms with van der Waals surface area (Å²) in [4.78, 5) is 0. The summed E-state index contributed by atoms with van der Waals surface area (Å²) in [6, 6.07) is 0. The fraction of sp³-hybridized carbons (Fsp3) is 0.871. The molecule has 4 aliphatic rings. The predicted octanol–water partition coefficient (Wildman–Crippen LogP) is 8.73. The molecule has 3 fully saturated rings. The Balaban J connectivity index is 1.45. The summed E-state index contributed by atoms with van der Waals surface area (Å²) in [5.41, 5.74) is 4.34. The minimum absolute atomic E-state index is 0.0894. The van der Waals surface area contributed by atoms with Gasteiger partial charge in [-0.2, -0.15) is 0 Å². The molecular weight excluding hydrogens is 388 g/mol. The normalized spacial score (nSPS) is 42.5. The molecule has 32 heavy (non-hydrogen) atoms. The van der Waals surface area contributed by atoms with Crippen LogP contribution in [-0.2, 0) is 0 Å². The molecule has 0 unspecified atom stereocenters. The van der Waals surface area contributed by atoms with Gasteiger partial charge in [0.15, 0.2) is 0 Å². The third-order valence-electron chi connectivity index (χ3n) is 12.2. The van der Waals surface area contributed by atoms with E-state index in [1.54, 1.807) is 5.57 Å². The highest BCUT2D eigenvalue weighted by molar-refractivity contribution is 5.25. The van der Waals surface area contributed by atoms with Crippen molar-refractivity contribution >= 4 is 0 Å². The summed E-state index contributed by atoms with van der Waals surface area (Å²) in [6.07, 6.45) is 17.7. The van der Waals surface area contributed by atoms with Crippen LogP contribution >= 0.6 is 0 Å². The standard InChI is InChI=1S/C31H52O/c1-8-29(5,9-2)22(4)11-10-21(3)26-14-15-27-25-13-12-23-20-24(32)16-18-30(23,6)28(25)17-19-31(26,27)7/h12,21,24-28,32H,4,8-11,13-20H2,1-3,5-7H3/t21-,24+,25+,26-,27+,28-,30+,31-/m1/s1. The van der Waals surface area contributed by atoms with Gasteiger partial charge in [-0.05, 0) is 123 Å². The maximum absolute atomic E-state index is 10.3. The van der Waals surface area contributed by atoms with E-state index in [0.717, 1.165) is 42.4 Å². The number of fused-ring (bicyclic) bond motifs is 5. The Bertz CT molecular complexity index is 729. The van der Waals surface area contributed by atoms with Crippen LogP contribution in [0.4, 0.5) is 0 Å². The van der Waals surface area contributed by atoms with Gasteiger partial charge in [-0.25, -0.2) is 0 Å². The van der Waals surface area contributed by atoms with Gasteiger partial charge >= 0.3 is 0 Å². The van der Waals surface area contributed by atoms with Crippen LogP contribution in [0.3, 0.4) is 0 Å². The lowest BCUT2D eigenvalue weighted by atomic mass is 9.47. The first-order valence-corrected chi connectivity index (χ1v) is 14.1. The van der Waals surface area contributed by atoms with E-state index in [0.29, 0.717) is 16.2 Å². The number of rotatable bonds is 7. The van der Waals surface area contributed by atoms with Crippen molar-refractivity contribution in [3.05, 3.63) is 23.8 Å². The van der Waals surface area contributed by atoms with E-state index >= 15 is 0 Å². The van der Waals surface area contributed by atoms with E-state index in [-0.39, 0.29) is 6.10 Å². The van der Waals surface area contributed by atoms with Gasteiger partial charge in [0.05, 0.1) is 6.10 Å². The molecule has 8 atom stereocenters. The third kappa shape index (κ3) is 3.87.